The molecule has 2 nitrogen and oxygen atoms in total. The van der Waals surface area contributed by atoms with Crippen LogP contribution in [0.15, 0.2) is 66.7 Å². The molecule has 0 bridgehead atoms. The molecule has 0 radical (unpaired) electrons. The standard InChI is InChI=1S/C37H32F10O2/c1-2-3-4-5-21-6-8-22(9-7-21)23-10-12-24(13-11-23)25-14-15-28(29(38)16-25)26-17-30(39)34(31(40)18-26)36(43,44)48-27-19-32(41)35(33(42)20-27)49-37(45,46)47/h10-22H,2-9H2,1H3. The van der Waals surface area contributed by atoms with Crippen LogP contribution >= 0.6 is 0 Å². The van der Waals surface area contributed by atoms with Gasteiger partial charge in [0, 0.05) is 17.7 Å². The van der Waals surface area contributed by atoms with Crippen LogP contribution in [-0.2, 0) is 6.11 Å². The molecule has 0 unspecified atom stereocenters. The molecule has 262 valence electrons. The van der Waals surface area contributed by atoms with Crippen LogP contribution in [0.3, 0.4) is 0 Å². The molecule has 4 aromatic carbocycles. The van der Waals surface area contributed by atoms with Gasteiger partial charge in [-0.05, 0) is 78.0 Å². The summed E-state index contributed by atoms with van der Waals surface area (Å²) in [5.74, 6) is -10.9. The van der Waals surface area contributed by atoms with Gasteiger partial charge in [-0.3, -0.25) is 0 Å². The number of unbranched alkanes of at least 4 members (excludes halogenated alkanes) is 2. The van der Waals surface area contributed by atoms with Gasteiger partial charge in [-0.2, -0.15) is 8.78 Å². The van der Waals surface area contributed by atoms with Crippen LogP contribution < -0.4 is 9.47 Å². The van der Waals surface area contributed by atoms with E-state index in [1.54, 1.807) is 0 Å². The van der Waals surface area contributed by atoms with Gasteiger partial charge >= 0.3 is 12.5 Å². The lowest BCUT2D eigenvalue weighted by atomic mass is 9.77. The first kappa shape index (κ1) is 36.1. The molecule has 0 N–H and O–H groups in total. The van der Waals surface area contributed by atoms with E-state index < -0.39 is 64.2 Å². The molecule has 1 fully saturated rings. The Kier molecular flexibility index (Phi) is 10.8. The van der Waals surface area contributed by atoms with E-state index in [0.717, 1.165) is 24.8 Å². The largest absolute Gasteiger partial charge is 0.573 e. The second kappa shape index (κ2) is 14.7. The van der Waals surface area contributed by atoms with E-state index in [0.29, 0.717) is 29.2 Å². The Balaban J connectivity index is 1.29. The van der Waals surface area contributed by atoms with Crippen LogP contribution in [0.5, 0.6) is 11.5 Å². The van der Waals surface area contributed by atoms with E-state index in [9.17, 15) is 39.5 Å². The van der Waals surface area contributed by atoms with Crippen LogP contribution in [-0.4, -0.2) is 6.36 Å². The van der Waals surface area contributed by atoms with Gasteiger partial charge in [0.1, 0.15) is 28.8 Å². The summed E-state index contributed by atoms with van der Waals surface area (Å²) < 4.78 is 147. The molecule has 5 rings (SSSR count). The lowest BCUT2D eigenvalue weighted by Crippen LogP contribution is -2.25. The zero-order valence-corrected chi connectivity index (χ0v) is 26.3. The summed E-state index contributed by atoms with van der Waals surface area (Å²) in [7, 11) is 0. The Morgan fingerprint density at radius 2 is 1.18 bits per heavy atom. The van der Waals surface area contributed by atoms with E-state index in [1.807, 2.05) is 24.3 Å². The monoisotopic (exact) mass is 698 g/mol. The Morgan fingerprint density at radius 1 is 0.612 bits per heavy atom. The zero-order valence-electron chi connectivity index (χ0n) is 26.3. The van der Waals surface area contributed by atoms with Crippen molar-refractivity contribution < 1.29 is 53.4 Å². The second-order valence-corrected chi connectivity index (χ2v) is 12.2. The van der Waals surface area contributed by atoms with Crippen LogP contribution in [0, 0.1) is 35.0 Å². The summed E-state index contributed by atoms with van der Waals surface area (Å²) >= 11 is 0. The first-order valence-corrected chi connectivity index (χ1v) is 15.9. The van der Waals surface area contributed by atoms with Crippen LogP contribution in [0.4, 0.5) is 43.9 Å². The molecule has 12 heteroatoms. The molecule has 1 aliphatic rings. The average molecular weight is 699 g/mol. The van der Waals surface area contributed by atoms with Crippen molar-refractivity contribution in [3.05, 3.63) is 107 Å². The van der Waals surface area contributed by atoms with Gasteiger partial charge in [0.25, 0.3) is 0 Å². The third kappa shape index (κ3) is 8.69. The van der Waals surface area contributed by atoms with Crippen molar-refractivity contribution in [2.75, 3.05) is 0 Å². The highest BCUT2D eigenvalue weighted by Gasteiger charge is 2.42. The van der Waals surface area contributed by atoms with Crippen molar-refractivity contribution in [2.45, 2.75) is 76.7 Å². The lowest BCUT2D eigenvalue weighted by Gasteiger charge is -2.29. The third-order valence-corrected chi connectivity index (χ3v) is 8.83. The topological polar surface area (TPSA) is 18.5 Å². The minimum atomic E-state index is -5.50. The molecule has 0 spiro atoms. The highest BCUT2D eigenvalue weighted by Crippen LogP contribution is 2.41. The predicted molar refractivity (Wildman–Crippen MR) is 164 cm³/mol. The highest BCUT2D eigenvalue weighted by molar-refractivity contribution is 5.71. The molecule has 1 saturated carbocycles. The summed E-state index contributed by atoms with van der Waals surface area (Å²) in [6, 6.07) is 12.4. The molecule has 0 amide bonds. The van der Waals surface area contributed by atoms with Crippen molar-refractivity contribution in [1.29, 1.82) is 0 Å². The van der Waals surface area contributed by atoms with Crippen molar-refractivity contribution >= 4 is 0 Å². The predicted octanol–water partition coefficient (Wildman–Crippen LogP) is 12.6. The van der Waals surface area contributed by atoms with Crippen molar-refractivity contribution in [2.24, 2.45) is 5.92 Å². The van der Waals surface area contributed by atoms with Gasteiger partial charge in [-0.1, -0.05) is 69.0 Å². The normalized spacial score (nSPS) is 16.9. The molecule has 4 aromatic rings. The SMILES string of the molecule is CCCCCC1CCC(c2ccc(-c3ccc(-c4cc(F)c(C(F)(F)Oc5cc(F)c(OC(F)(F)F)c(F)c5)c(F)c4)c(F)c3)cc2)CC1. The fraction of sp³-hybridized carbons (Fsp3) is 0.351. The molecule has 0 saturated heterocycles. The summed E-state index contributed by atoms with van der Waals surface area (Å²) in [4.78, 5) is 0. The fourth-order valence-corrected chi connectivity index (χ4v) is 6.36. The molecule has 0 aliphatic heterocycles. The first-order valence-electron chi connectivity index (χ1n) is 15.9. The highest BCUT2D eigenvalue weighted by atomic mass is 19.4. The maximum atomic E-state index is 15.3. The van der Waals surface area contributed by atoms with Gasteiger partial charge in [0.15, 0.2) is 11.6 Å². The number of halogens is 10. The van der Waals surface area contributed by atoms with E-state index in [2.05, 4.69) is 16.4 Å². The van der Waals surface area contributed by atoms with Gasteiger partial charge in [-0.25, -0.2) is 22.0 Å². The van der Waals surface area contributed by atoms with Crippen molar-refractivity contribution in [3.63, 3.8) is 0 Å². The average Bonchev–Trinajstić information content (AvgIpc) is 3.02. The van der Waals surface area contributed by atoms with Gasteiger partial charge in [0.2, 0.25) is 5.75 Å². The van der Waals surface area contributed by atoms with Crippen LogP contribution in [0.2, 0.25) is 0 Å². The quantitative estimate of drug-likeness (QED) is 0.115. The molecular weight excluding hydrogens is 666 g/mol. The summed E-state index contributed by atoms with van der Waals surface area (Å²) in [6.45, 7) is 2.20. The minimum Gasteiger partial charge on any atom is -0.429 e. The molecule has 1 aliphatic carbocycles. The van der Waals surface area contributed by atoms with E-state index in [1.165, 1.54) is 56.2 Å². The number of ether oxygens (including phenoxy) is 2. The Labute approximate surface area is 276 Å². The Bertz CT molecular complexity index is 1710. The summed E-state index contributed by atoms with van der Waals surface area (Å²) in [5, 5.41) is 0. The smallest absolute Gasteiger partial charge is 0.429 e. The van der Waals surface area contributed by atoms with Crippen LogP contribution in [0.25, 0.3) is 22.3 Å². The molecule has 0 heterocycles. The number of rotatable bonds is 11. The number of hydrogen-bond acceptors (Lipinski definition) is 2. The lowest BCUT2D eigenvalue weighted by molar-refractivity contribution is -0.276. The fourth-order valence-electron chi connectivity index (χ4n) is 6.36. The third-order valence-electron chi connectivity index (χ3n) is 8.83. The van der Waals surface area contributed by atoms with Gasteiger partial charge in [0.05, 0.1) is 0 Å². The molecule has 49 heavy (non-hydrogen) atoms. The Hall–Kier alpha value is -4.22. The van der Waals surface area contributed by atoms with Crippen LogP contribution in [0.1, 0.15) is 75.3 Å². The summed E-state index contributed by atoms with van der Waals surface area (Å²) in [6.07, 6.45) is -0.730. The minimum absolute atomic E-state index is 0.0762. The number of alkyl halides is 5. The molecule has 0 atom stereocenters. The van der Waals surface area contributed by atoms with Gasteiger partial charge in [-0.15, -0.1) is 13.2 Å². The van der Waals surface area contributed by atoms with Gasteiger partial charge < -0.3 is 9.47 Å². The molecular formula is C37H32F10O2. The van der Waals surface area contributed by atoms with E-state index in [4.69, 9.17) is 0 Å². The van der Waals surface area contributed by atoms with E-state index >= 15 is 4.39 Å². The maximum Gasteiger partial charge on any atom is 0.573 e. The second-order valence-electron chi connectivity index (χ2n) is 12.2. The maximum absolute atomic E-state index is 15.3. The first-order chi connectivity index (χ1) is 23.1. The summed E-state index contributed by atoms with van der Waals surface area (Å²) in [5.41, 5.74) is -0.301. The zero-order chi connectivity index (χ0) is 35.5. The Morgan fingerprint density at radius 3 is 1.73 bits per heavy atom. The number of benzene rings is 4. The van der Waals surface area contributed by atoms with E-state index in [-0.39, 0.29) is 17.7 Å². The van der Waals surface area contributed by atoms with Crippen molar-refractivity contribution in [1.82, 2.24) is 0 Å². The number of hydrogen-bond donors (Lipinski definition) is 0. The van der Waals surface area contributed by atoms with Crippen molar-refractivity contribution in [3.8, 4) is 33.8 Å². The molecule has 0 aromatic heterocycles.